The second-order valence-electron chi connectivity index (χ2n) is 6.92. The fourth-order valence-electron chi connectivity index (χ4n) is 4.13. The van der Waals surface area contributed by atoms with E-state index in [1.165, 1.54) is 63.6 Å². The van der Waals surface area contributed by atoms with Crippen molar-refractivity contribution in [2.24, 2.45) is 0 Å². The fourth-order valence-corrected chi connectivity index (χ4v) is 4.13. The molecule has 1 spiro atoms. The molecule has 1 atom stereocenters. The van der Waals surface area contributed by atoms with Crippen molar-refractivity contribution in [1.82, 2.24) is 15.2 Å². The highest BCUT2D eigenvalue weighted by atomic mass is 15.3. The normalized spacial score (nSPS) is 26.0. The second kappa shape index (κ2) is 6.89. The summed E-state index contributed by atoms with van der Waals surface area (Å²) in [6, 6.07) is 5.02. The molecule has 1 aromatic rings. The van der Waals surface area contributed by atoms with E-state index in [-0.39, 0.29) is 0 Å². The van der Waals surface area contributed by atoms with Gasteiger partial charge < -0.3 is 5.32 Å². The summed E-state index contributed by atoms with van der Waals surface area (Å²) in [5.41, 5.74) is 1.80. The topological polar surface area (TPSA) is 28.2 Å². The van der Waals surface area contributed by atoms with Crippen LogP contribution in [-0.4, -0.2) is 34.6 Å². The number of rotatable bonds is 4. The molecule has 1 aromatic heterocycles. The minimum Gasteiger partial charge on any atom is -0.308 e. The Bertz CT molecular complexity index is 425. The first-order valence-corrected chi connectivity index (χ1v) is 8.69. The SMILES string of the molecule is CCCC1CNC2(CCCCC2)CN1Cc1ccncc1. The second-order valence-corrected chi connectivity index (χ2v) is 6.92. The van der Waals surface area contributed by atoms with Gasteiger partial charge in [0.15, 0.2) is 0 Å². The largest absolute Gasteiger partial charge is 0.308 e. The molecule has 1 saturated heterocycles. The molecule has 1 N–H and O–H groups in total. The zero-order chi connectivity index (χ0) is 14.5. The van der Waals surface area contributed by atoms with Crippen LogP contribution in [0.3, 0.4) is 0 Å². The molecule has 1 aliphatic carbocycles. The summed E-state index contributed by atoms with van der Waals surface area (Å²) >= 11 is 0. The predicted octanol–water partition coefficient (Wildman–Crippen LogP) is 3.36. The van der Waals surface area contributed by atoms with Gasteiger partial charge in [-0.3, -0.25) is 9.88 Å². The van der Waals surface area contributed by atoms with Crippen molar-refractivity contribution in [3.8, 4) is 0 Å². The molecule has 1 unspecified atom stereocenters. The van der Waals surface area contributed by atoms with Crippen LogP contribution in [0.2, 0.25) is 0 Å². The van der Waals surface area contributed by atoms with Crippen molar-refractivity contribution in [3.63, 3.8) is 0 Å². The summed E-state index contributed by atoms with van der Waals surface area (Å²) < 4.78 is 0. The van der Waals surface area contributed by atoms with Gasteiger partial charge in [0.25, 0.3) is 0 Å². The Kier molecular flexibility index (Phi) is 4.91. The molecule has 116 valence electrons. The van der Waals surface area contributed by atoms with E-state index in [9.17, 15) is 0 Å². The molecule has 2 fully saturated rings. The Balaban J connectivity index is 1.71. The van der Waals surface area contributed by atoms with Crippen LogP contribution in [-0.2, 0) is 6.54 Å². The average molecular weight is 287 g/mol. The number of nitrogens with zero attached hydrogens (tertiary/aromatic N) is 2. The lowest BCUT2D eigenvalue weighted by atomic mass is 9.79. The Morgan fingerprint density at radius 2 is 2.00 bits per heavy atom. The molecule has 21 heavy (non-hydrogen) atoms. The van der Waals surface area contributed by atoms with Crippen molar-refractivity contribution >= 4 is 0 Å². The van der Waals surface area contributed by atoms with Gasteiger partial charge in [-0.15, -0.1) is 0 Å². The van der Waals surface area contributed by atoms with E-state index < -0.39 is 0 Å². The molecule has 0 bridgehead atoms. The van der Waals surface area contributed by atoms with Gasteiger partial charge in [-0.25, -0.2) is 0 Å². The lowest BCUT2D eigenvalue weighted by Gasteiger charge is -2.50. The molecule has 2 heterocycles. The van der Waals surface area contributed by atoms with Gasteiger partial charge >= 0.3 is 0 Å². The van der Waals surface area contributed by atoms with Crippen molar-refractivity contribution in [3.05, 3.63) is 30.1 Å². The Labute approximate surface area is 129 Å². The van der Waals surface area contributed by atoms with Crippen LogP contribution >= 0.6 is 0 Å². The average Bonchev–Trinajstić information content (AvgIpc) is 2.52. The molecule has 2 aliphatic rings. The van der Waals surface area contributed by atoms with E-state index in [4.69, 9.17) is 0 Å². The molecular formula is C18H29N3. The predicted molar refractivity (Wildman–Crippen MR) is 87.2 cm³/mol. The van der Waals surface area contributed by atoms with Gasteiger partial charge in [-0.2, -0.15) is 0 Å². The third-order valence-corrected chi connectivity index (χ3v) is 5.30. The van der Waals surface area contributed by atoms with Crippen molar-refractivity contribution in [2.75, 3.05) is 13.1 Å². The van der Waals surface area contributed by atoms with E-state index in [1.54, 1.807) is 0 Å². The highest BCUT2D eigenvalue weighted by Crippen LogP contribution is 2.33. The molecule has 1 aliphatic heterocycles. The first-order valence-electron chi connectivity index (χ1n) is 8.69. The molecule has 0 aromatic carbocycles. The summed E-state index contributed by atoms with van der Waals surface area (Å²) in [5.74, 6) is 0. The summed E-state index contributed by atoms with van der Waals surface area (Å²) in [7, 11) is 0. The molecule has 0 amide bonds. The van der Waals surface area contributed by atoms with Crippen LogP contribution in [0.4, 0.5) is 0 Å². The highest BCUT2D eigenvalue weighted by molar-refractivity contribution is 5.11. The lowest BCUT2D eigenvalue weighted by molar-refractivity contribution is 0.0461. The van der Waals surface area contributed by atoms with E-state index in [0.717, 1.165) is 6.54 Å². The van der Waals surface area contributed by atoms with E-state index in [2.05, 4.69) is 34.3 Å². The lowest BCUT2D eigenvalue weighted by Crippen LogP contribution is -2.64. The maximum absolute atomic E-state index is 4.15. The van der Waals surface area contributed by atoms with Gasteiger partial charge in [0.05, 0.1) is 0 Å². The van der Waals surface area contributed by atoms with Crippen LogP contribution in [0.5, 0.6) is 0 Å². The monoisotopic (exact) mass is 287 g/mol. The van der Waals surface area contributed by atoms with Crippen molar-refractivity contribution < 1.29 is 0 Å². The van der Waals surface area contributed by atoms with Gasteiger partial charge in [0.2, 0.25) is 0 Å². The smallest absolute Gasteiger partial charge is 0.0309 e. The highest BCUT2D eigenvalue weighted by Gasteiger charge is 2.39. The van der Waals surface area contributed by atoms with E-state index in [0.29, 0.717) is 11.6 Å². The van der Waals surface area contributed by atoms with E-state index in [1.807, 2.05) is 12.4 Å². The summed E-state index contributed by atoms with van der Waals surface area (Å²) in [5, 5.41) is 3.93. The third-order valence-electron chi connectivity index (χ3n) is 5.30. The maximum atomic E-state index is 4.15. The van der Waals surface area contributed by atoms with Gasteiger partial charge in [0, 0.05) is 43.6 Å². The molecule has 3 nitrogen and oxygen atoms in total. The third kappa shape index (κ3) is 3.64. The van der Waals surface area contributed by atoms with Gasteiger partial charge in [-0.05, 0) is 37.0 Å². The molecular weight excluding hydrogens is 258 g/mol. The molecule has 1 saturated carbocycles. The van der Waals surface area contributed by atoms with E-state index >= 15 is 0 Å². The number of nitrogens with one attached hydrogen (secondary N) is 1. The number of aromatic nitrogens is 1. The number of hydrogen-bond donors (Lipinski definition) is 1. The van der Waals surface area contributed by atoms with Crippen molar-refractivity contribution in [1.29, 1.82) is 0 Å². The van der Waals surface area contributed by atoms with Gasteiger partial charge in [0.1, 0.15) is 0 Å². The Morgan fingerprint density at radius 3 is 2.71 bits per heavy atom. The van der Waals surface area contributed by atoms with Crippen LogP contribution in [0.25, 0.3) is 0 Å². The first kappa shape index (κ1) is 15.0. The summed E-state index contributed by atoms with van der Waals surface area (Å²) in [6.07, 6.45) is 13.3. The number of hydrogen-bond acceptors (Lipinski definition) is 3. The maximum Gasteiger partial charge on any atom is 0.0309 e. The number of piperazine rings is 1. The van der Waals surface area contributed by atoms with Crippen molar-refractivity contribution in [2.45, 2.75) is 70.0 Å². The summed E-state index contributed by atoms with van der Waals surface area (Å²) in [6.45, 7) is 5.77. The Hall–Kier alpha value is -0.930. The molecule has 0 radical (unpaired) electrons. The van der Waals surface area contributed by atoms with Crippen LogP contribution in [0.1, 0.15) is 57.4 Å². The first-order chi connectivity index (χ1) is 10.3. The molecule has 3 rings (SSSR count). The molecule has 3 heteroatoms. The Morgan fingerprint density at radius 1 is 1.24 bits per heavy atom. The van der Waals surface area contributed by atoms with Gasteiger partial charge in [-0.1, -0.05) is 32.6 Å². The minimum absolute atomic E-state index is 0.398. The van der Waals surface area contributed by atoms with Crippen LogP contribution in [0.15, 0.2) is 24.5 Å². The number of pyridine rings is 1. The summed E-state index contributed by atoms with van der Waals surface area (Å²) in [4.78, 5) is 6.88. The van der Waals surface area contributed by atoms with Crippen LogP contribution < -0.4 is 5.32 Å². The minimum atomic E-state index is 0.398. The standard InChI is InChI=1S/C18H29N3/c1-2-6-17-13-20-18(9-4-3-5-10-18)15-21(17)14-16-7-11-19-12-8-16/h7-8,11-12,17,20H,2-6,9-10,13-15H2,1H3. The quantitative estimate of drug-likeness (QED) is 0.920. The zero-order valence-corrected chi connectivity index (χ0v) is 13.4. The fraction of sp³-hybridized carbons (Fsp3) is 0.722. The zero-order valence-electron chi connectivity index (χ0n) is 13.4. The van der Waals surface area contributed by atoms with Crippen LogP contribution in [0, 0.1) is 0 Å².